The van der Waals surface area contributed by atoms with Gasteiger partial charge in [-0.15, -0.1) is 0 Å². The highest BCUT2D eigenvalue weighted by Crippen LogP contribution is 2.39. The van der Waals surface area contributed by atoms with Gasteiger partial charge in [0.1, 0.15) is 171 Å². The van der Waals surface area contributed by atoms with Crippen molar-refractivity contribution < 1.29 is 174 Å². The summed E-state index contributed by atoms with van der Waals surface area (Å²) in [4.78, 5) is 0. The standard InChI is InChI=1S/C42H70O35/c43-1-8-29-15(50)22(57)36(64-8)72-30-9(2-44)66-38(24(59)17(30)52)74-32-11(4-46)68-40(26(61)19(32)54)76-34-13(6-48)70-42(28(63)21(34)56)77-35-14(7-49)69-41(27(62)20(35)55)75-33-12(5-47)67-39(25(60)18(33)53)73-31-10(3-45)65-37(71-29)23(58)16(31)51/h8-63H,1-7H2/t8-,9-,10-,11-,12-,13-,14+,15+,16+,17-,18-,19+,20+,21-,22+,23+,24-,25-,26+,27+,28-,29-,30-,31-,32-,33-,34-,35-,36-,37-,38-,39-,40-,41-,42-/m1/s1. The molecule has 0 spiro atoms. The molecule has 21 aliphatic rings. The zero-order chi connectivity index (χ0) is 56.1. The molecule has 0 unspecified atom stereocenters. The summed E-state index contributed by atoms with van der Waals surface area (Å²) in [6, 6.07) is 0. The monoisotopic (exact) mass is 1130 g/mol. The van der Waals surface area contributed by atoms with Crippen LogP contribution in [-0.2, 0) is 66.3 Å². The molecule has 448 valence electrons. The van der Waals surface area contributed by atoms with Crippen molar-refractivity contribution in [2.75, 3.05) is 46.2 Å². The van der Waals surface area contributed by atoms with Gasteiger partial charge in [-0.25, -0.2) is 0 Å². The minimum atomic E-state index is -2.21. The van der Waals surface area contributed by atoms with Crippen molar-refractivity contribution >= 4 is 0 Å². The lowest BCUT2D eigenvalue weighted by Crippen LogP contribution is -2.68. The maximum Gasteiger partial charge on any atom is 0.187 e. The fourth-order valence-corrected chi connectivity index (χ4v) is 10.4. The van der Waals surface area contributed by atoms with Crippen molar-refractivity contribution in [3.05, 3.63) is 0 Å². The fourth-order valence-electron chi connectivity index (χ4n) is 10.4. The van der Waals surface area contributed by atoms with E-state index in [-0.39, 0.29) is 0 Å². The van der Waals surface area contributed by atoms with Gasteiger partial charge < -0.3 is 174 Å². The van der Waals surface area contributed by atoms with Gasteiger partial charge in [-0.2, -0.15) is 0 Å². The Balaban J connectivity index is 1.08. The maximum atomic E-state index is 11.3. The van der Waals surface area contributed by atoms with Crippen molar-refractivity contribution in [2.45, 2.75) is 215 Å². The number of ether oxygens (including phenoxy) is 14. The van der Waals surface area contributed by atoms with Crippen molar-refractivity contribution in [2.24, 2.45) is 0 Å². The van der Waals surface area contributed by atoms with Crippen LogP contribution < -0.4 is 0 Å². The molecule has 35 atom stereocenters. The van der Waals surface area contributed by atoms with Crippen LogP contribution in [0.3, 0.4) is 0 Å². The lowest BCUT2D eigenvalue weighted by atomic mass is 9.95. The molecule has 21 heterocycles. The molecule has 0 aromatic rings. The van der Waals surface area contributed by atoms with E-state index in [2.05, 4.69) is 0 Å². The van der Waals surface area contributed by atoms with E-state index in [1.54, 1.807) is 0 Å². The van der Waals surface area contributed by atoms with E-state index < -0.39 is 261 Å². The highest BCUT2D eigenvalue weighted by Gasteiger charge is 2.59. The van der Waals surface area contributed by atoms with Gasteiger partial charge in [-0.05, 0) is 0 Å². The van der Waals surface area contributed by atoms with Crippen molar-refractivity contribution in [3.63, 3.8) is 0 Å². The Hall–Kier alpha value is -1.40. The molecular weight excluding hydrogens is 1060 g/mol. The molecule has 21 N–H and O–H groups in total. The molecule has 0 aliphatic carbocycles. The number of hydrogen-bond donors (Lipinski definition) is 21. The molecule has 21 saturated heterocycles. The third kappa shape index (κ3) is 12.1. The Morgan fingerprint density at radius 3 is 0.351 bits per heavy atom. The summed E-state index contributed by atoms with van der Waals surface area (Å²) in [7, 11) is 0. The van der Waals surface area contributed by atoms with Crippen molar-refractivity contribution in [1.82, 2.24) is 0 Å². The highest BCUT2D eigenvalue weighted by atomic mass is 16.8. The van der Waals surface area contributed by atoms with E-state index in [4.69, 9.17) is 66.3 Å². The predicted octanol–water partition coefficient (Wildman–Crippen LogP) is -15.2. The third-order valence-corrected chi connectivity index (χ3v) is 14.8. The van der Waals surface area contributed by atoms with E-state index in [0.717, 1.165) is 0 Å². The summed E-state index contributed by atoms with van der Waals surface area (Å²) < 4.78 is 79.5. The summed E-state index contributed by atoms with van der Waals surface area (Å²) in [5.41, 5.74) is 0. The molecule has 21 fully saturated rings. The Bertz CT molecular complexity index is 1470. The number of rotatable bonds is 7. The molecule has 0 radical (unpaired) electrons. The molecule has 35 heteroatoms. The lowest BCUT2D eigenvalue weighted by molar-refractivity contribution is -0.396. The van der Waals surface area contributed by atoms with Gasteiger partial charge >= 0.3 is 0 Å². The largest absolute Gasteiger partial charge is 0.394 e. The number of hydrogen-bond acceptors (Lipinski definition) is 35. The van der Waals surface area contributed by atoms with Crippen LogP contribution in [-0.4, -0.2) is 368 Å². The minimum Gasteiger partial charge on any atom is -0.394 e. The van der Waals surface area contributed by atoms with Crippen LogP contribution in [0.25, 0.3) is 0 Å². The van der Waals surface area contributed by atoms with Gasteiger partial charge in [0.25, 0.3) is 0 Å². The minimum absolute atomic E-state index is 1.05. The highest BCUT2D eigenvalue weighted by molar-refractivity contribution is 5.01. The summed E-state index contributed by atoms with van der Waals surface area (Å²) in [5, 5.41) is 230. The van der Waals surface area contributed by atoms with Gasteiger partial charge in [0.05, 0.1) is 46.2 Å². The van der Waals surface area contributed by atoms with Crippen LogP contribution in [0.1, 0.15) is 0 Å². The van der Waals surface area contributed by atoms with Gasteiger partial charge in [0, 0.05) is 0 Å². The van der Waals surface area contributed by atoms with E-state index in [9.17, 15) is 107 Å². The molecule has 0 aromatic heterocycles. The zero-order valence-corrected chi connectivity index (χ0v) is 40.3. The van der Waals surface area contributed by atoms with E-state index >= 15 is 0 Å². The first-order chi connectivity index (χ1) is 36.7. The summed E-state index contributed by atoms with van der Waals surface area (Å²) in [6.45, 7) is -7.33. The Morgan fingerprint density at radius 1 is 0.156 bits per heavy atom. The topological polar surface area (TPSA) is 554 Å². The predicted molar refractivity (Wildman–Crippen MR) is 228 cm³/mol. The number of aliphatic hydroxyl groups is 21. The molecule has 0 aromatic carbocycles. The summed E-state index contributed by atoms with van der Waals surface area (Å²) in [6.07, 6.45) is -70.2. The Labute approximate surface area is 434 Å². The second kappa shape index (κ2) is 26.0. The third-order valence-electron chi connectivity index (χ3n) is 14.8. The second-order valence-corrected chi connectivity index (χ2v) is 19.7. The van der Waals surface area contributed by atoms with Crippen LogP contribution in [0.2, 0.25) is 0 Å². The molecule has 14 bridgehead atoms. The lowest BCUT2D eigenvalue weighted by Gasteiger charge is -2.50. The Morgan fingerprint density at radius 2 is 0.260 bits per heavy atom. The van der Waals surface area contributed by atoms with E-state index in [1.807, 2.05) is 0 Å². The second-order valence-electron chi connectivity index (χ2n) is 19.7. The quantitative estimate of drug-likeness (QED) is 0.113. The number of aliphatic hydroxyl groups excluding tert-OH is 21. The van der Waals surface area contributed by atoms with Crippen molar-refractivity contribution in [3.8, 4) is 0 Å². The smallest absolute Gasteiger partial charge is 0.187 e. The molecule has 35 nitrogen and oxygen atoms in total. The first-order valence-corrected chi connectivity index (χ1v) is 24.6. The van der Waals surface area contributed by atoms with Gasteiger partial charge in [-0.1, -0.05) is 0 Å². The normalized spacial score (nSPS) is 55.4. The molecule has 21 rings (SSSR count). The summed E-state index contributed by atoms with van der Waals surface area (Å²) in [5.74, 6) is 0. The Kier molecular flexibility index (Phi) is 20.8. The van der Waals surface area contributed by atoms with Crippen LogP contribution in [0.4, 0.5) is 0 Å². The SMILES string of the molecule is OC[C@@H]1O[C@@H]2O[C@H]3[C@H](O)[C@@H](O)[C@@H](O[C@H]4[C@@H](O)[C@H](O)[C@@H](O[C@H]5[C@@H](O)[C@H](O)[C@@H](O[C@H]6[C@H](O)[C@@H](O)[C@@H](O[C@H]7[C@@H](O)[C@H](O)[C@@H](O[C@H]8[C@H](O)[C@@H](O)[C@@H](O[C@H]1[C@@H](O)[C@@H]2O)O[C@@H]8CO)O[C@@H]7CO)O[C@@H]6CO)O[C@@H]5CO)O[C@@H]4CO)O[C@@H]3CO. The maximum absolute atomic E-state index is 11.3. The van der Waals surface area contributed by atoms with Crippen LogP contribution in [0.5, 0.6) is 0 Å². The van der Waals surface area contributed by atoms with Crippen LogP contribution >= 0.6 is 0 Å². The molecule has 77 heavy (non-hydrogen) atoms. The van der Waals surface area contributed by atoms with Gasteiger partial charge in [0.2, 0.25) is 0 Å². The average Bonchev–Trinajstić information content (AvgIpc) is 3.45. The summed E-state index contributed by atoms with van der Waals surface area (Å²) >= 11 is 0. The fraction of sp³-hybridized carbons (Fsp3) is 1.00. The zero-order valence-electron chi connectivity index (χ0n) is 40.3. The average molecular weight is 1130 g/mol. The van der Waals surface area contributed by atoms with Gasteiger partial charge in [-0.3, -0.25) is 0 Å². The van der Waals surface area contributed by atoms with Crippen LogP contribution in [0, 0.1) is 0 Å². The van der Waals surface area contributed by atoms with E-state index in [0.29, 0.717) is 0 Å². The first-order valence-electron chi connectivity index (χ1n) is 24.6. The molecule has 0 amide bonds. The molecule has 21 aliphatic heterocycles. The van der Waals surface area contributed by atoms with E-state index in [1.165, 1.54) is 0 Å². The molecule has 0 saturated carbocycles. The van der Waals surface area contributed by atoms with Crippen molar-refractivity contribution in [1.29, 1.82) is 0 Å². The molecular formula is C42H70O35. The van der Waals surface area contributed by atoms with Crippen LogP contribution in [0.15, 0.2) is 0 Å². The van der Waals surface area contributed by atoms with Gasteiger partial charge in [0.15, 0.2) is 44.0 Å². The first kappa shape index (κ1) is 61.7.